The Balaban J connectivity index is 1.27. The number of piperazine rings is 1. The number of ether oxygens (including phenoxy) is 2. The lowest BCUT2D eigenvalue weighted by atomic mass is 9.93. The van der Waals surface area contributed by atoms with Gasteiger partial charge >= 0.3 is 0 Å². The van der Waals surface area contributed by atoms with Crippen LogP contribution in [0.5, 0.6) is 5.75 Å². The Kier molecular flexibility index (Phi) is 8.20. The molecule has 0 spiro atoms. The normalized spacial score (nSPS) is 18.6. The van der Waals surface area contributed by atoms with Crippen LogP contribution >= 0.6 is 0 Å². The first-order chi connectivity index (χ1) is 16.2. The number of aliphatic hydroxyl groups is 1. The summed E-state index contributed by atoms with van der Waals surface area (Å²) in [5.41, 5.74) is 4.82. The SMILES string of the molecule is COc1ccc(N2CCN(CCC3OCCc4cc(CC(=O)NCCO)ccc43)CC2)cc1. The van der Waals surface area contributed by atoms with E-state index in [1.54, 1.807) is 7.11 Å². The number of methoxy groups -OCH3 is 1. The minimum absolute atomic E-state index is 0.0362. The van der Waals surface area contributed by atoms with E-state index in [-0.39, 0.29) is 18.6 Å². The number of amides is 1. The van der Waals surface area contributed by atoms with E-state index < -0.39 is 0 Å². The fourth-order valence-corrected chi connectivity index (χ4v) is 4.71. The Morgan fingerprint density at radius 3 is 2.67 bits per heavy atom. The maximum atomic E-state index is 12.0. The second-order valence-electron chi connectivity index (χ2n) is 8.71. The summed E-state index contributed by atoms with van der Waals surface area (Å²) in [6.45, 7) is 6.15. The minimum Gasteiger partial charge on any atom is -0.497 e. The highest BCUT2D eigenvalue weighted by Gasteiger charge is 2.24. The number of fused-ring (bicyclic) bond motifs is 1. The highest BCUT2D eigenvalue weighted by atomic mass is 16.5. The lowest BCUT2D eigenvalue weighted by molar-refractivity contribution is -0.120. The van der Waals surface area contributed by atoms with Gasteiger partial charge in [-0.1, -0.05) is 18.2 Å². The number of benzene rings is 2. The molecule has 2 aliphatic heterocycles. The van der Waals surface area contributed by atoms with E-state index in [0.29, 0.717) is 13.0 Å². The molecular weight excluding hydrogens is 418 g/mol. The van der Waals surface area contributed by atoms with Crippen molar-refractivity contribution in [2.75, 3.05) is 64.5 Å². The number of carbonyl (C=O) groups excluding carboxylic acids is 1. The summed E-state index contributed by atoms with van der Waals surface area (Å²) >= 11 is 0. The Hall–Kier alpha value is -2.61. The summed E-state index contributed by atoms with van der Waals surface area (Å²) < 4.78 is 11.4. The van der Waals surface area contributed by atoms with Crippen molar-refractivity contribution in [2.24, 2.45) is 0 Å². The fraction of sp³-hybridized carbons (Fsp3) is 0.500. The molecule has 1 saturated heterocycles. The second-order valence-corrected chi connectivity index (χ2v) is 8.71. The third-order valence-electron chi connectivity index (χ3n) is 6.56. The predicted molar refractivity (Wildman–Crippen MR) is 129 cm³/mol. The molecule has 0 aliphatic carbocycles. The maximum absolute atomic E-state index is 12.0. The standard InChI is InChI=1S/C26H35N3O4/c1-32-23-5-3-22(4-6-23)29-14-12-28(13-15-29)11-8-25-24-7-2-20(18-21(24)9-17-33-25)19-26(31)27-10-16-30/h2-7,18,25,30H,8-17,19H2,1H3,(H,27,31). The maximum Gasteiger partial charge on any atom is 0.224 e. The van der Waals surface area contributed by atoms with Crippen molar-refractivity contribution in [3.63, 3.8) is 0 Å². The summed E-state index contributed by atoms with van der Waals surface area (Å²) in [5.74, 6) is 0.837. The van der Waals surface area contributed by atoms with Crippen LogP contribution in [-0.4, -0.2) is 75.5 Å². The molecule has 7 nitrogen and oxygen atoms in total. The topological polar surface area (TPSA) is 74.3 Å². The molecule has 178 valence electrons. The van der Waals surface area contributed by atoms with E-state index in [1.165, 1.54) is 16.8 Å². The molecule has 1 amide bonds. The summed E-state index contributed by atoms with van der Waals surface area (Å²) in [5, 5.41) is 11.6. The van der Waals surface area contributed by atoms with E-state index in [9.17, 15) is 4.79 Å². The van der Waals surface area contributed by atoms with Crippen LogP contribution in [0.25, 0.3) is 0 Å². The third kappa shape index (κ3) is 6.25. The van der Waals surface area contributed by atoms with Crippen molar-refractivity contribution in [1.29, 1.82) is 0 Å². The molecule has 2 aromatic rings. The van der Waals surface area contributed by atoms with E-state index >= 15 is 0 Å². The molecular formula is C26H35N3O4. The average molecular weight is 454 g/mol. The third-order valence-corrected chi connectivity index (χ3v) is 6.56. The van der Waals surface area contributed by atoms with E-state index in [0.717, 1.165) is 63.5 Å². The second kappa shape index (κ2) is 11.5. The van der Waals surface area contributed by atoms with Gasteiger partial charge in [-0.3, -0.25) is 9.69 Å². The molecule has 33 heavy (non-hydrogen) atoms. The van der Waals surface area contributed by atoms with Crippen molar-refractivity contribution in [3.8, 4) is 5.75 Å². The van der Waals surface area contributed by atoms with Crippen molar-refractivity contribution in [2.45, 2.75) is 25.4 Å². The molecule has 0 radical (unpaired) electrons. The zero-order valence-corrected chi connectivity index (χ0v) is 19.5. The van der Waals surface area contributed by atoms with Crippen molar-refractivity contribution < 1.29 is 19.4 Å². The zero-order valence-electron chi connectivity index (χ0n) is 19.5. The number of hydrogen-bond acceptors (Lipinski definition) is 6. The van der Waals surface area contributed by atoms with Gasteiger partial charge in [0.25, 0.3) is 0 Å². The number of aliphatic hydroxyl groups excluding tert-OH is 1. The first kappa shape index (κ1) is 23.5. The average Bonchev–Trinajstić information content (AvgIpc) is 2.86. The van der Waals surface area contributed by atoms with Crippen LogP contribution in [0, 0.1) is 0 Å². The molecule has 2 heterocycles. The summed E-state index contributed by atoms with van der Waals surface area (Å²) in [6, 6.07) is 14.6. The lowest BCUT2D eigenvalue weighted by Gasteiger charge is -2.37. The van der Waals surface area contributed by atoms with Gasteiger partial charge in [-0.15, -0.1) is 0 Å². The van der Waals surface area contributed by atoms with E-state index in [1.807, 2.05) is 18.2 Å². The number of rotatable bonds is 9. The molecule has 0 saturated carbocycles. The molecule has 0 bridgehead atoms. The zero-order chi connectivity index (χ0) is 23.0. The van der Waals surface area contributed by atoms with Gasteiger partial charge in [-0.25, -0.2) is 0 Å². The number of carbonyl (C=O) groups is 1. The van der Waals surface area contributed by atoms with Crippen LogP contribution in [0.1, 0.15) is 29.2 Å². The van der Waals surface area contributed by atoms with Crippen molar-refractivity contribution >= 4 is 11.6 Å². The Morgan fingerprint density at radius 1 is 1.15 bits per heavy atom. The largest absolute Gasteiger partial charge is 0.497 e. The van der Waals surface area contributed by atoms with Crippen molar-refractivity contribution in [3.05, 3.63) is 59.2 Å². The van der Waals surface area contributed by atoms with Crippen LogP contribution in [0.3, 0.4) is 0 Å². The molecule has 4 rings (SSSR count). The van der Waals surface area contributed by atoms with Gasteiger partial charge in [0, 0.05) is 45.0 Å². The summed E-state index contributed by atoms with van der Waals surface area (Å²) in [6.07, 6.45) is 2.33. The Labute approximate surface area is 196 Å². The van der Waals surface area contributed by atoms with E-state index in [4.69, 9.17) is 14.6 Å². The molecule has 1 fully saturated rings. The molecule has 2 aromatic carbocycles. The number of hydrogen-bond donors (Lipinski definition) is 2. The van der Waals surface area contributed by atoms with Gasteiger partial charge < -0.3 is 24.8 Å². The molecule has 7 heteroatoms. The van der Waals surface area contributed by atoms with Gasteiger partial charge in [-0.2, -0.15) is 0 Å². The van der Waals surface area contributed by atoms with E-state index in [2.05, 4.69) is 39.4 Å². The van der Waals surface area contributed by atoms with Crippen LogP contribution in [0.15, 0.2) is 42.5 Å². The Bertz CT molecular complexity index is 910. The number of nitrogens with one attached hydrogen (secondary N) is 1. The van der Waals surface area contributed by atoms with Gasteiger partial charge in [0.1, 0.15) is 5.75 Å². The van der Waals surface area contributed by atoms with Gasteiger partial charge in [0.2, 0.25) is 5.91 Å². The highest BCUT2D eigenvalue weighted by Crippen LogP contribution is 2.31. The monoisotopic (exact) mass is 453 g/mol. The highest BCUT2D eigenvalue weighted by molar-refractivity contribution is 5.78. The van der Waals surface area contributed by atoms with Gasteiger partial charge in [0.05, 0.1) is 32.8 Å². The predicted octanol–water partition coefficient (Wildman–Crippen LogP) is 2.17. The first-order valence-electron chi connectivity index (χ1n) is 11.9. The molecule has 1 unspecified atom stereocenters. The lowest BCUT2D eigenvalue weighted by Crippen LogP contribution is -2.46. The van der Waals surface area contributed by atoms with Gasteiger partial charge in [-0.05, 0) is 53.8 Å². The van der Waals surface area contributed by atoms with Crippen LogP contribution < -0.4 is 15.0 Å². The number of nitrogens with zero attached hydrogens (tertiary/aromatic N) is 2. The smallest absolute Gasteiger partial charge is 0.224 e. The van der Waals surface area contributed by atoms with Crippen LogP contribution in [-0.2, 0) is 22.4 Å². The number of anilines is 1. The molecule has 0 aromatic heterocycles. The quantitative estimate of drug-likeness (QED) is 0.606. The first-order valence-corrected chi connectivity index (χ1v) is 11.9. The summed E-state index contributed by atoms with van der Waals surface area (Å²) in [7, 11) is 1.69. The summed E-state index contributed by atoms with van der Waals surface area (Å²) in [4.78, 5) is 16.9. The molecule has 1 atom stereocenters. The van der Waals surface area contributed by atoms with Crippen LogP contribution in [0.2, 0.25) is 0 Å². The van der Waals surface area contributed by atoms with Crippen molar-refractivity contribution in [1.82, 2.24) is 10.2 Å². The minimum atomic E-state index is -0.0543. The molecule has 2 N–H and O–H groups in total. The Morgan fingerprint density at radius 2 is 1.94 bits per heavy atom. The fourth-order valence-electron chi connectivity index (χ4n) is 4.71. The van der Waals surface area contributed by atoms with Crippen LogP contribution in [0.4, 0.5) is 5.69 Å². The molecule has 2 aliphatic rings. The van der Waals surface area contributed by atoms with Gasteiger partial charge in [0.15, 0.2) is 0 Å².